The number of hydrogen-bond acceptors (Lipinski definition) is 5. The molecular weight excluding hydrogens is 382 g/mol. The first kappa shape index (κ1) is 20.3. The molecule has 0 aromatic heterocycles. The second kappa shape index (κ2) is 9.19. The van der Waals surface area contributed by atoms with Gasteiger partial charge >= 0.3 is 0 Å². The Morgan fingerprint density at radius 1 is 0.900 bits per heavy atom. The Morgan fingerprint density at radius 2 is 1.50 bits per heavy atom. The van der Waals surface area contributed by atoms with Crippen molar-refractivity contribution in [1.29, 1.82) is 0 Å². The highest BCUT2D eigenvalue weighted by Gasteiger charge is 2.34. The number of benzene rings is 2. The van der Waals surface area contributed by atoms with E-state index in [4.69, 9.17) is 4.74 Å². The molecule has 1 saturated heterocycles. The normalized spacial score (nSPS) is 16.6. The molecule has 30 heavy (non-hydrogen) atoms. The van der Waals surface area contributed by atoms with Gasteiger partial charge in [0.15, 0.2) is 0 Å². The van der Waals surface area contributed by atoms with Gasteiger partial charge in [-0.05, 0) is 23.3 Å². The number of morpholine rings is 1. The fourth-order valence-electron chi connectivity index (χ4n) is 3.82. The fraction of sp³-hybridized carbons (Fsp3) is 0.348. The third-order valence-electron chi connectivity index (χ3n) is 5.53. The number of carbonyl (C=O) groups is 3. The summed E-state index contributed by atoms with van der Waals surface area (Å²) in [5, 5.41) is 2.92. The lowest BCUT2D eigenvalue weighted by Crippen LogP contribution is -2.36. The minimum absolute atomic E-state index is 0.0770. The molecule has 0 atom stereocenters. The number of fused-ring (bicyclic) bond motifs is 1. The van der Waals surface area contributed by atoms with Crippen LogP contribution in [0.25, 0.3) is 0 Å². The minimum Gasteiger partial charge on any atom is -0.379 e. The third kappa shape index (κ3) is 4.42. The molecule has 0 radical (unpaired) electrons. The molecule has 4 rings (SSSR count). The summed E-state index contributed by atoms with van der Waals surface area (Å²) in [6.07, 6.45) is 0.0805. The van der Waals surface area contributed by atoms with E-state index in [9.17, 15) is 14.4 Å². The summed E-state index contributed by atoms with van der Waals surface area (Å²) in [5.41, 5.74) is 3.05. The van der Waals surface area contributed by atoms with E-state index in [2.05, 4.69) is 16.3 Å². The lowest BCUT2D eigenvalue weighted by Gasteiger charge is -2.27. The summed E-state index contributed by atoms with van der Waals surface area (Å²) in [7, 11) is 0. The first-order valence-corrected chi connectivity index (χ1v) is 10.2. The van der Waals surface area contributed by atoms with Crippen LogP contribution in [0.2, 0.25) is 0 Å². The second-order valence-corrected chi connectivity index (χ2v) is 7.49. The molecule has 3 amide bonds. The number of amides is 3. The molecule has 2 heterocycles. The fourth-order valence-corrected chi connectivity index (χ4v) is 3.82. The van der Waals surface area contributed by atoms with Crippen molar-refractivity contribution < 1.29 is 19.1 Å². The van der Waals surface area contributed by atoms with E-state index in [1.54, 1.807) is 24.3 Å². The lowest BCUT2D eigenvalue weighted by atomic mass is 10.1. The maximum absolute atomic E-state index is 12.4. The minimum atomic E-state index is -0.334. The van der Waals surface area contributed by atoms with Crippen LogP contribution >= 0.6 is 0 Å². The highest BCUT2D eigenvalue weighted by atomic mass is 16.5. The summed E-state index contributed by atoms with van der Waals surface area (Å²) >= 11 is 0. The van der Waals surface area contributed by atoms with E-state index in [-0.39, 0.29) is 30.7 Å². The van der Waals surface area contributed by atoms with Crippen molar-refractivity contribution in [1.82, 2.24) is 15.1 Å². The molecule has 0 bridgehead atoms. The van der Waals surface area contributed by atoms with Crippen LogP contribution in [0, 0.1) is 0 Å². The van der Waals surface area contributed by atoms with Crippen molar-refractivity contribution in [3.05, 3.63) is 70.8 Å². The summed E-state index contributed by atoms with van der Waals surface area (Å²) in [6.45, 7) is 4.62. The molecule has 0 spiro atoms. The van der Waals surface area contributed by atoms with Crippen molar-refractivity contribution in [3.8, 4) is 0 Å². The molecule has 2 aliphatic heterocycles. The standard InChI is InChI=1S/C23H25N3O4/c27-21(9-10-26-22(28)19-7-3-4-8-20(19)23(26)29)24-15-17-5-1-2-6-18(17)16-25-11-13-30-14-12-25/h1-8H,9-16H2,(H,24,27). The zero-order valence-corrected chi connectivity index (χ0v) is 16.8. The Morgan fingerprint density at radius 3 is 2.17 bits per heavy atom. The summed E-state index contributed by atoms with van der Waals surface area (Å²) in [5.74, 6) is -0.855. The molecule has 7 heteroatoms. The van der Waals surface area contributed by atoms with E-state index < -0.39 is 0 Å². The van der Waals surface area contributed by atoms with Crippen molar-refractivity contribution in [3.63, 3.8) is 0 Å². The third-order valence-corrected chi connectivity index (χ3v) is 5.53. The summed E-state index contributed by atoms with van der Waals surface area (Å²) in [6, 6.07) is 14.8. The van der Waals surface area contributed by atoms with Crippen LogP contribution in [0.5, 0.6) is 0 Å². The number of ether oxygens (including phenoxy) is 1. The molecule has 2 aromatic carbocycles. The predicted octanol–water partition coefficient (Wildman–Crippen LogP) is 1.82. The lowest BCUT2D eigenvalue weighted by molar-refractivity contribution is -0.121. The zero-order valence-electron chi connectivity index (χ0n) is 16.8. The molecule has 0 unspecified atom stereocenters. The van der Waals surface area contributed by atoms with Gasteiger partial charge in [-0.25, -0.2) is 0 Å². The molecule has 1 fully saturated rings. The van der Waals surface area contributed by atoms with Gasteiger partial charge in [-0.3, -0.25) is 24.2 Å². The van der Waals surface area contributed by atoms with Crippen LogP contribution in [0.15, 0.2) is 48.5 Å². The van der Waals surface area contributed by atoms with Gasteiger partial charge in [0, 0.05) is 39.1 Å². The Bertz CT molecular complexity index is 918. The Hall–Kier alpha value is -3.03. The van der Waals surface area contributed by atoms with Crippen molar-refractivity contribution >= 4 is 17.7 Å². The van der Waals surface area contributed by atoms with Gasteiger partial charge in [0.05, 0.1) is 24.3 Å². The largest absolute Gasteiger partial charge is 0.379 e. The first-order valence-electron chi connectivity index (χ1n) is 10.2. The number of carbonyl (C=O) groups excluding carboxylic acids is 3. The van der Waals surface area contributed by atoms with Gasteiger partial charge in [0.2, 0.25) is 5.91 Å². The van der Waals surface area contributed by atoms with E-state index in [1.165, 1.54) is 5.56 Å². The average molecular weight is 407 g/mol. The number of nitrogens with zero attached hydrogens (tertiary/aromatic N) is 2. The van der Waals surface area contributed by atoms with Crippen LogP contribution in [0.3, 0.4) is 0 Å². The van der Waals surface area contributed by atoms with Crippen LogP contribution in [0.4, 0.5) is 0 Å². The van der Waals surface area contributed by atoms with Gasteiger partial charge in [0.1, 0.15) is 0 Å². The Labute approximate surface area is 175 Å². The molecule has 0 aliphatic carbocycles. The van der Waals surface area contributed by atoms with E-state index in [0.717, 1.165) is 43.3 Å². The maximum atomic E-state index is 12.4. The average Bonchev–Trinajstić information content (AvgIpc) is 3.02. The van der Waals surface area contributed by atoms with Gasteiger partial charge < -0.3 is 10.1 Å². The van der Waals surface area contributed by atoms with Crippen molar-refractivity contribution in [2.45, 2.75) is 19.5 Å². The van der Waals surface area contributed by atoms with Gasteiger partial charge in [0.25, 0.3) is 11.8 Å². The van der Waals surface area contributed by atoms with E-state index in [0.29, 0.717) is 17.7 Å². The van der Waals surface area contributed by atoms with E-state index in [1.807, 2.05) is 18.2 Å². The molecule has 2 aliphatic rings. The summed E-state index contributed by atoms with van der Waals surface area (Å²) < 4.78 is 5.40. The Kier molecular flexibility index (Phi) is 6.21. The van der Waals surface area contributed by atoms with E-state index >= 15 is 0 Å². The molecule has 7 nitrogen and oxygen atoms in total. The molecule has 2 aromatic rings. The zero-order chi connectivity index (χ0) is 20.9. The topological polar surface area (TPSA) is 79.0 Å². The number of hydrogen-bond donors (Lipinski definition) is 1. The number of nitrogens with one attached hydrogen (secondary N) is 1. The summed E-state index contributed by atoms with van der Waals surface area (Å²) in [4.78, 5) is 40.6. The Balaban J connectivity index is 1.30. The second-order valence-electron chi connectivity index (χ2n) is 7.49. The molecule has 156 valence electrons. The predicted molar refractivity (Wildman–Crippen MR) is 111 cm³/mol. The SMILES string of the molecule is O=C(CCN1C(=O)c2ccccc2C1=O)NCc1ccccc1CN1CCOCC1. The highest BCUT2D eigenvalue weighted by Crippen LogP contribution is 2.22. The molecule has 0 saturated carbocycles. The van der Waals surface area contributed by atoms with Gasteiger partial charge in [-0.1, -0.05) is 36.4 Å². The van der Waals surface area contributed by atoms with Crippen LogP contribution in [0.1, 0.15) is 38.3 Å². The van der Waals surface area contributed by atoms with Crippen LogP contribution in [-0.2, 0) is 22.6 Å². The molecular formula is C23H25N3O4. The highest BCUT2D eigenvalue weighted by molar-refractivity contribution is 6.21. The number of imide groups is 1. The maximum Gasteiger partial charge on any atom is 0.261 e. The monoisotopic (exact) mass is 407 g/mol. The van der Waals surface area contributed by atoms with Gasteiger partial charge in [-0.15, -0.1) is 0 Å². The van der Waals surface area contributed by atoms with Gasteiger partial charge in [-0.2, -0.15) is 0 Å². The number of rotatable bonds is 7. The van der Waals surface area contributed by atoms with Crippen molar-refractivity contribution in [2.24, 2.45) is 0 Å². The first-order chi connectivity index (χ1) is 14.6. The van der Waals surface area contributed by atoms with Crippen molar-refractivity contribution in [2.75, 3.05) is 32.8 Å². The quantitative estimate of drug-likeness (QED) is 0.709. The smallest absolute Gasteiger partial charge is 0.261 e. The van der Waals surface area contributed by atoms with Crippen LogP contribution in [-0.4, -0.2) is 60.4 Å². The molecule has 1 N–H and O–H groups in total. The van der Waals surface area contributed by atoms with Crippen LogP contribution < -0.4 is 5.32 Å².